The maximum Gasteiger partial charge on any atom is 0.417 e. The smallest absolute Gasteiger partial charge is 0.372 e. The lowest BCUT2D eigenvalue weighted by molar-refractivity contribution is -0.137. The topological polar surface area (TPSA) is 67.7 Å². The maximum atomic E-state index is 14.7. The van der Waals surface area contributed by atoms with Crippen LogP contribution >= 0.6 is 11.8 Å². The summed E-state index contributed by atoms with van der Waals surface area (Å²) in [6.45, 7) is 4.89. The Kier molecular flexibility index (Phi) is 6.86. The molecule has 1 saturated heterocycles. The van der Waals surface area contributed by atoms with Gasteiger partial charge in [0.1, 0.15) is 11.6 Å². The number of carbonyl (C=O) groups is 1. The highest BCUT2D eigenvalue weighted by Gasteiger charge is 2.39. The summed E-state index contributed by atoms with van der Waals surface area (Å²) >= 11 is 1.22. The van der Waals surface area contributed by atoms with Crippen molar-refractivity contribution in [1.29, 1.82) is 0 Å². The minimum absolute atomic E-state index is 0.0853. The van der Waals surface area contributed by atoms with E-state index >= 15 is 0 Å². The molecule has 1 aromatic heterocycles. The summed E-state index contributed by atoms with van der Waals surface area (Å²) in [6, 6.07) is 5.96. The Morgan fingerprint density at radius 2 is 1.80 bits per heavy atom. The number of carbonyl (C=O) groups excluding carboxylic acids is 1. The fraction of sp³-hybridized carbons (Fsp3) is 0.393. The van der Waals surface area contributed by atoms with Gasteiger partial charge in [-0.25, -0.2) is 9.18 Å². The summed E-state index contributed by atoms with van der Waals surface area (Å²) < 4.78 is 65.4. The van der Waals surface area contributed by atoms with E-state index in [1.807, 2.05) is 0 Å². The van der Waals surface area contributed by atoms with Gasteiger partial charge in [0.25, 0.3) is 0 Å². The number of hydrogen-bond donors (Lipinski definition) is 0. The molecule has 2 aromatic carbocycles. The summed E-state index contributed by atoms with van der Waals surface area (Å²) in [5, 5.41) is 0.204. The summed E-state index contributed by atoms with van der Waals surface area (Å²) in [5.41, 5.74) is -0.995. The van der Waals surface area contributed by atoms with Crippen molar-refractivity contribution in [2.75, 3.05) is 36.8 Å². The van der Waals surface area contributed by atoms with Crippen LogP contribution in [0.4, 0.5) is 23.4 Å². The average Bonchev–Trinajstić information content (AvgIpc) is 3.77. The third-order valence-corrected chi connectivity index (χ3v) is 8.64. The van der Waals surface area contributed by atoms with Gasteiger partial charge in [0.05, 0.1) is 29.8 Å². The third-order valence-electron chi connectivity index (χ3n) is 7.41. The van der Waals surface area contributed by atoms with E-state index in [4.69, 9.17) is 4.74 Å². The van der Waals surface area contributed by atoms with E-state index in [0.29, 0.717) is 42.3 Å². The fourth-order valence-electron chi connectivity index (χ4n) is 5.33. The number of amides is 1. The van der Waals surface area contributed by atoms with Crippen LogP contribution in [0.1, 0.15) is 18.4 Å². The first-order valence-corrected chi connectivity index (χ1v) is 14.0. The Balaban J connectivity index is 1.57. The molecule has 210 valence electrons. The molecule has 0 bridgehead atoms. The molecule has 2 aliphatic heterocycles. The van der Waals surface area contributed by atoms with Gasteiger partial charge in [0.15, 0.2) is 0 Å². The van der Waals surface area contributed by atoms with Gasteiger partial charge in [-0.15, -0.1) is 11.8 Å². The quantitative estimate of drug-likeness (QED) is 0.325. The van der Waals surface area contributed by atoms with Crippen LogP contribution in [-0.2, 0) is 22.3 Å². The van der Waals surface area contributed by atoms with Gasteiger partial charge in [-0.3, -0.25) is 9.36 Å². The fourth-order valence-corrected chi connectivity index (χ4v) is 6.60. The van der Waals surface area contributed by atoms with Crippen molar-refractivity contribution in [2.24, 2.45) is 0 Å². The van der Waals surface area contributed by atoms with E-state index in [1.54, 1.807) is 9.80 Å². The minimum Gasteiger partial charge on any atom is -0.372 e. The number of thioether (sulfide) groups is 1. The molecule has 12 heteroatoms. The van der Waals surface area contributed by atoms with E-state index in [0.717, 1.165) is 31.0 Å². The van der Waals surface area contributed by atoms with Gasteiger partial charge in [-0.1, -0.05) is 18.7 Å². The largest absolute Gasteiger partial charge is 0.417 e. The molecule has 3 heterocycles. The molecule has 7 nitrogen and oxygen atoms in total. The second-order valence-electron chi connectivity index (χ2n) is 10.1. The second kappa shape index (κ2) is 10.2. The van der Waals surface area contributed by atoms with Gasteiger partial charge < -0.3 is 14.5 Å². The van der Waals surface area contributed by atoms with Crippen molar-refractivity contribution in [3.63, 3.8) is 0 Å². The minimum atomic E-state index is -4.74. The van der Waals surface area contributed by atoms with Crippen molar-refractivity contribution in [2.45, 2.75) is 42.7 Å². The van der Waals surface area contributed by atoms with Crippen molar-refractivity contribution in [1.82, 2.24) is 14.5 Å². The first kappa shape index (κ1) is 26.8. The predicted octanol–water partition coefficient (Wildman–Crippen LogP) is 4.71. The zero-order valence-corrected chi connectivity index (χ0v) is 22.2. The molecular formula is C28H26F4N4O3S. The lowest BCUT2D eigenvalue weighted by Crippen LogP contribution is -2.49. The van der Waals surface area contributed by atoms with Crippen molar-refractivity contribution < 1.29 is 27.1 Å². The van der Waals surface area contributed by atoms with Crippen LogP contribution in [-0.4, -0.2) is 64.5 Å². The van der Waals surface area contributed by atoms with E-state index in [9.17, 15) is 27.2 Å². The Labute approximate surface area is 231 Å². The number of ether oxygens (including phenoxy) is 1. The van der Waals surface area contributed by atoms with E-state index in [1.165, 1.54) is 34.5 Å². The molecule has 3 aliphatic rings. The highest BCUT2D eigenvalue weighted by atomic mass is 32.2. The van der Waals surface area contributed by atoms with Gasteiger partial charge in [-0.2, -0.15) is 18.2 Å². The number of nitrogens with zero attached hydrogens (tertiary/aromatic N) is 4. The molecule has 0 spiro atoms. The molecule has 1 atom stereocenters. The number of benzene rings is 2. The zero-order chi connectivity index (χ0) is 28.2. The number of rotatable bonds is 5. The molecule has 1 saturated carbocycles. The van der Waals surface area contributed by atoms with Gasteiger partial charge >= 0.3 is 11.9 Å². The first-order valence-electron chi connectivity index (χ1n) is 13.0. The molecule has 0 N–H and O–H groups in total. The molecule has 1 amide bonds. The van der Waals surface area contributed by atoms with Crippen LogP contribution in [0.15, 0.2) is 52.7 Å². The van der Waals surface area contributed by atoms with Crippen LogP contribution in [0.25, 0.3) is 22.0 Å². The summed E-state index contributed by atoms with van der Waals surface area (Å²) in [4.78, 5) is 33.5. The SMILES string of the molecule is C=CC(=O)N1CCN(c2nc(=O)n3c4c(c(-c5ccc(F)cc5)c(C(F)(F)F)cc24)SCC(OC2CC2)C3)CC1. The normalized spacial score (nSPS) is 19.6. The monoisotopic (exact) mass is 574 g/mol. The lowest BCUT2D eigenvalue weighted by atomic mass is 9.96. The molecule has 1 unspecified atom stereocenters. The molecule has 6 rings (SSSR count). The lowest BCUT2D eigenvalue weighted by Gasteiger charge is -2.35. The van der Waals surface area contributed by atoms with E-state index in [-0.39, 0.29) is 47.0 Å². The Bertz CT molecular complexity index is 1540. The number of piperazine rings is 1. The number of hydrogen-bond acceptors (Lipinski definition) is 6. The second-order valence-corrected chi connectivity index (χ2v) is 11.2. The molecule has 3 aromatic rings. The average molecular weight is 575 g/mol. The Morgan fingerprint density at radius 1 is 1.10 bits per heavy atom. The molecule has 1 aliphatic carbocycles. The van der Waals surface area contributed by atoms with E-state index < -0.39 is 23.2 Å². The number of alkyl halides is 3. The van der Waals surface area contributed by atoms with Gasteiger partial charge in [-0.05, 0) is 42.7 Å². The summed E-state index contributed by atoms with van der Waals surface area (Å²) in [6.07, 6.45) is -2.00. The van der Waals surface area contributed by atoms with Gasteiger partial charge in [0.2, 0.25) is 5.91 Å². The number of halogens is 4. The summed E-state index contributed by atoms with van der Waals surface area (Å²) in [5.74, 6) is -0.295. The van der Waals surface area contributed by atoms with Crippen molar-refractivity contribution in [3.8, 4) is 11.1 Å². The maximum absolute atomic E-state index is 14.7. The van der Waals surface area contributed by atoms with Crippen molar-refractivity contribution >= 4 is 34.4 Å². The Morgan fingerprint density at radius 3 is 2.42 bits per heavy atom. The van der Waals surface area contributed by atoms with E-state index in [2.05, 4.69) is 11.6 Å². The predicted molar refractivity (Wildman–Crippen MR) is 144 cm³/mol. The zero-order valence-electron chi connectivity index (χ0n) is 21.4. The highest BCUT2D eigenvalue weighted by Crippen LogP contribution is 2.48. The third kappa shape index (κ3) is 4.98. The first-order chi connectivity index (χ1) is 19.1. The number of anilines is 1. The van der Waals surface area contributed by atoms with Crippen LogP contribution in [0.2, 0.25) is 0 Å². The Hall–Kier alpha value is -3.38. The molecule has 2 fully saturated rings. The molecular weight excluding hydrogens is 548 g/mol. The summed E-state index contributed by atoms with van der Waals surface area (Å²) in [7, 11) is 0. The van der Waals surface area contributed by atoms with Crippen LogP contribution in [0.5, 0.6) is 0 Å². The van der Waals surface area contributed by atoms with Crippen LogP contribution in [0, 0.1) is 5.82 Å². The van der Waals surface area contributed by atoms with Crippen LogP contribution in [0.3, 0.4) is 0 Å². The standard InChI is InChI=1S/C28H26F4N4O3S/c1-2-22(37)34-9-11-35(12-10-34)26-20-13-21(28(30,31)32)23(16-3-5-17(29)6-4-16)25-24(20)36(27(38)33-26)14-19(15-40-25)39-18-7-8-18/h2-6,13,18-19H,1,7-12,14-15H2. The molecule has 40 heavy (non-hydrogen) atoms. The van der Waals surface area contributed by atoms with Crippen LogP contribution < -0.4 is 10.6 Å². The molecule has 0 radical (unpaired) electrons. The van der Waals surface area contributed by atoms with Crippen molar-refractivity contribution in [3.05, 3.63) is 64.9 Å². The number of aromatic nitrogens is 2. The van der Waals surface area contributed by atoms with Gasteiger partial charge in [0, 0.05) is 47.8 Å². The highest BCUT2D eigenvalue weighted by molar-refractivity contribution is 7.99.